The van der Waals surface area contributed by atoms with Crippen LogP contribution < -0.4 is 11.2 Å². The van der Waals surface area contributed by atoms with Crippen LogP contribution in [0.2, 0.25) is 0 Å². The number of hydrogen-bond acceptors (Lipinski definition) is 5. The zero-order valence-corrected chi connectivity index (χ0v) is 8.71. The highest BCUT2D eigenvalue weighted by Gasteiger charge is 2.03. The third kappa shape index (κ3) is 10.6. The van der Waals surface area contributed by atoms with Gasteiger partial charge in [0.2, 0.25) is 11.8 Å². The van der Waals surface area contributed by atoms with E-state index < -0.39 is 24.4 Å². The van der Waals surface area contributed by atoms with E-state index in [4.69, 9.17) is 10.8 Å². The smallest absolute Gasteiger partial charge is 0.332 e. The number of hydroxylamine groups is 1. The minimum Gasteiger partial charge on any atom is -0.479 e. The number of primary amides is 1. The monoisotopic (exact) mass is 236 g/mol. The van der Waals surface area contributed by atoms with Crippen LogP contribution in [0.4, 0.5) is 0 Å². The zero-order valence-electron chi connectivity index (χ0n) is 7.89. The van der Waals surface area contributed by atoms with Gasteiger partial charge in [-0.25, -0.2) is 10.3 Å². The minimum atomic E-state index is -1.17. The maximum Gasteiger partial charge on any atom is 0.332 e. The number of carboxylic acid groups (broad SMARTS) is 1. The van der Waals surface area contributed by atoms with Crippen LogP contribution in [0.25, 0.3) is 0 Å². The number of hydrogen-bond donors (Lipinski definition) is 3. The first-order valence-corrected chi connectivity index (χ1v) is 5.16. The molecule has 2 amide bonds. The quantitative estimate of drug-likeness (QED) is 0.357. The molecule has 0 aromatic heterocycles. The molecule has 7 nitrogen and oxygen atoms in total. The van der Waals surface area contributed by atoms with Gasteiger partial charge in [0.05, 0.1) is 5.75 Å². The summed E-state index contributed by atoms with van der Waals surface area (Å²) >= 11 is 1.22. The molecule has 8 heteroatoms. The molecular formula is C7H12N2O5S. The summed E-state index contributed by atoms with van der Waals surface area (Å²) in [4.78, 5) is 35.5. The molecule has 4 N–H and O–H groups in total. The van der Waals surface area contributed by atoms with Crippen LogP contribution in [0.1, 0.15) is 6.42 Å². The molecule has 0 unspecified atom stereocenters. The highest BCUT2D eigenvalue weighted by atomic mass is 32.2. The Hall–Kier alpha value is -1.28. The fraction of sp³-hybridized carbons (Fsp3) is 0.571. The molecule has 0 radical (unpaired) electrons. The lowest BCUT2D eigenvalue weighted by atomic mass is 10.5. The summed E-state index contributed by atoms with van der Waals surface area (Å²) in [7, 11) is 0. The highest BCUT2D eigenvalue weighted by molar-refractivity contribution is 7.99. The van der Waals surface area contributed by atoms with Gasteiger partial charge in [0.25, 0.3) is 0 Å². The predicted molar refractivity (Wildman–Crippen MR) is 52.9 cm³/mol. The molecule has 0 fully saturated rings. The Balaban J connectivity index is 3.33. The maximum absolute atomic E-state index is 10.9. The number of carboxylic acids is 1. The number of aliphatic carboxylic acids is 1. The summed E-state index contributed by atoms with van der Waals surface area (Å²) in [5, 5.41) is 8.17. The highest BCUT2D eigenvalue weighted by Crippen LogP contribution is 2.00. The first-order valence-electron chi connectivity index (χ1n) is 4.01. The number of rotatable bonds is 8. The molecule has 0 heterocycles. The van der Waals surface area contributed by atoms with Crippen LogP contribution in [-0.2, 0) is 19.2 Å². The minimum absolute atomic E-state index is 0.136. The van der Waals surface area contributed by atoms with E-state index >= 15 is 0 Å². The lowest BCUT2D eigenvalue weighted by Crippen LogP contribution is -2.27. The van der Waals surface area contributed by atoms with Gasteiger partial charge >= 0.3 is 5.97 Å². The van der Waals surface area contributed by atoms with Crippen LogP contribution in [0.15, 0.2) is 0 Å². The second-order valence-corrected chi connectivity index (χ2v) is 3.58. The molecule has 86 valence electrons. The number of nitrogens with two attached hydrogens (primary N) is 1. The van der Waals surface area contributed by atoms with E-state index in [9.17, 15) is 14.4 Å². The van der Waals surface area contributed by atoms with Crippen molar-refractivity contribution in [1.82, 2.24) is 5.48 Å². The standard InChI is InChI=1S/C7H12N2O5S/c8-5(10)4-15-2-1-6(11)9-14-3-7(12)13/h1-4H2,(H2,8,10)(H,9,11)(H,12,13). The summed E-state index contributed by atoms with van der Waals surface area (Å²) in [6.45, 7) is -0.583. The van der Waals surface area contributed by atoms with Gasteiger partial charge in [-0.15, -0.1) is 0 Å². The topological polar surface area (TPSA) is 119 Å². The summed E-state index contributed by atoms with van der Waals surface area (Å²) in [6, 6.07) is 0. The van der Waals surface area contributed by atoms with Gasteiger partial charge in [-0.05, 0) is 0 Å². The number of thioether (sulfide) groups is 1. The van der Waals surface area contributed by atoms with E-state index in [1.807, 2.05) is 5.48 Å². The molecule has 0 aromatic carbocycles. The Kier molecular flexibility index (Phi) is 7.38. The molecule has 0 aliphatic rings. The second kappa shape index (κ2) is 8.06. The van der Waals surface area contributed by atoms with Gasteiger partial charge in [0.15, 0.2) is 6.61 Å². The van der Waals surface area contributed by atoms with Crippen molar-refractivity contribution in [2.24, 2.45) is 5.73 Å². The summed E-state index contributed by atoms with van der Waals surface area (Å²) < 4.78 is 0. The van der Waals surface area contributed by atoms with Crippen molar-refractivity contribution >= 4 is 29.5 Å². The first kappa shape index (κ1) is 13.7. The van der Waals surface area contributed by atoms with Crippen LogP contribution in [-0.4, -0.2) is 41.0 Å². The van der Waals surface area contributed by atoms with Crippen LogP contribution in [0, 0.1) is 0 Å². The van der Waals surface area contributed by atoms with Crippen molar-refractivity contribution in [3.05, 3.63) is 0 Å². The van der Waals surface area contributed by atoms with E-state index in [0.29, 0.717) is 5.75 Å². The van der Waals surface area contributed by atoms with Crippen LogP contribution in [0.5, 0.6) is 0 Å². The molecule has 0 saturated heterocycles. The number of carbonyl (C=O) groups excluding carboxylic acids is 2. The second-order valence-electron chi connectivity index (χ2n) is 2.48. The fourth-order valence-corrected chi connectivity index (χ4v) is 1.24. The zero-order chi connectivity index (χ0) is 11.7. The molecule has 0 bridgehead atoms. The van der Waals surface area contributed by atoms with Crippen LogP contribution in [0.3, 0.4) is 0 Å². The van der Waals surface area contributed by atoms with Crippen molar-refractivity contribution in [1.29, 1.82) is 0 Å². The lowest BCUT2D eigenvalue weighted by Gasteiger charge is -2.02. The third-order valence-electron chi connectivity index (χ3n) is 1.10. The Labute approximate surface area is 90.3 Å². The molecule has 15 heavy (non-hydrogen) atoms. The molecule has 0 aromatic rings. The molecular weight excluding hydrogens is 224 g/mol. The van der Waals surface area contributed by atoms with Crippen molar-refractivity contribution in [3.63, 3.8) is 0 Å². The predicted octanol–water partition coefficient (Wildman–Crippen LogP) is -1.27. The molecule has 0 atom stereocenters. The summed E-state index contributed by atoms with van der Waals surface area (Å²) in [5.74, 6) is -1.47. The average Bonchev–Trinajstić information content (AvgIpc) is 2.11. The van der Waals surface area contributed by atoms with Gasteiger partial charge in [-0.1, -0.05) is 0 Å². The number of amides is 2. The van der Waals surface area contributed by atoms with Gasteiger partial charge in [-0.2, -0.15) is 11.8 Å². The van der Waals surface area contributed by atoms with Crippen molar-refractivity contribution in [3.8, 4) is 0 Å². The molecule has 0 aliphatic carbocycles. The molecule has 0 aliphatic heterocycles. The molecule has 0 saturated carbocycles. The van der Waals surface area contributed by atoms with Crippen molar-refractivity contribution < 1.29 is 24.3 Å². The van der Waals surface area contributed by atoms with E-state index in [-0.39, 0.29) is 12.2 Å². The first-order chi connectivity index (χ1) is 7.02. The van der Waals surface area contributed by atoms with Crippen molar-refractivity contribution in [2.75, 3.05) is 18.1 Å². The molecule has 0 spiro atoms. The maximum atomic E-state index is 10.9. The van der Waals surface area contributed by atoms with E-state index in [2.05, 4.69) is 4.84 Å². The van der Waals surface area contributed by atoms with E-state index in [1.54, 1.807) is 0 Å². The Morgan fingerprint density at radius 3 is 2.60 bits per heavy atom. The number of carbonyl (C=O) groups is 3. The Morgan fingerprint density at radius 2 is 2.07 bits per heavy atom. The summed E-state index contributed by atoms with van der Waals surface area (Å²) in [5.41, 5.74) is 6.83. The van der Waals surface area contributed by atoms with Crippen LogP contribution >= 0.6 is 11.8 Å². The number of nitrogens with one attached hydrogen (secondary N) is 1. The normalized spacial score (nSPS) is 9.60. The lowest BCUT2D eigenvalue weighted by molar-refractivity contribution is -0.149. The van der Waals surface area contributed by atoms with Gasteiger partial charge < -0.3 is 10.8 Å². The van der Waals surface area contributed by atoms with Crippen molar-refractivity contribution in [2.45, 2.75) is 6.42 Å². The molecule has 0 rings (SSSR count). The largest absolute Gasteiger partial charge is 0.479 e. The van der Waals surface area contributed by atoms with Gasteiger partial charge in [0.1, 0.15) is 0 Å². The third-order valence-corrected chi connectivity index (χ3v) is 2.08. The fourth-order valence-electron chi connectivity index (χ4n) is 0.567. The van der Waals surface area contributed by atoms with Gasteiger partial charge in [-0.3, -0.25) is 14.4 Å². The Bertz CT molecular complexity index is 246. The Morgan fingerprint density at radius 1 is 1.40 bits per heavy atom. The summed E-state index contributed by atoms with van der Waals surface area (Å²) in [6.07, 6.45) is 0.136. The van der Waals surface area contributed by atoms with Gasteiger partial charge in [0, 0.05) is 12.2 Å². The van der Waals surface area contributed by atoms with E-state index in [0.717, 1.165) is 0 Å². The SMILES string of the molecule is NC(=O)CSCCC(=O)NOCC(=O)O. The van der Waals surface area contributed by atoms with E-state index in [1.165, 1.54) is 11.8 Å². The average molecular weight is 236 g/mol.